The van der Waals surface area contributed by atoms with Crippen molar-refractivity contribution in [3.8, 4) is 0 Å². The van der Waals surface area contributed by atoms with Crippen LogP contribution < -0.4 is 10.6 Å². The summed E-state index contributed by atoms with van der Waals surface area (Å²) in [7, 11) is 0. The molecule has 0 aromatic carbocycles. The van der Waals surface area contributed by atoms with E-state index < -0.39 is 0 Å². The Hall–Kier alpha value is -1.81. The Balaban J connectivity index is 2.22. The van der Waals surface area contributed by atoms with Crippen molar-refractivity contribution in [1.29, 1.82) is 0 Å². The van der Waals surface area contributed by atoms with E-state index in [1.807, 2.05) is 24.3 Å². The molecule has 2 heterocycles. The normalized spacial score (nSPS) is 10.5. The summed E-state index contributed by atoms with van der Waals surface area (Å²) in [5.74, 6) is 1.87. The van der Waals surface area contributed by atoms with Crippen molar-refractivity contribution in [2.75, 3.05) is 11.4 Å². The lowest BCUT2D eigenvalue weighted by atomic mass is 10.2. The van der Waals surface area contributed by atoms with Gasteiger partial charge in [0.15, 0.2) is 0 Å². The molecular formula is C13H17N3O. The number of pyridine rings is 1. The van der Waals surface area contributed by atoms with Gasteiger partial charge in [-0.25, -0.2) is 4.98 Å². The van der Waals surface area contributed by atoms with E-state index in [0.717, 1.165) is 23.7 Å². The topological polar surface area (TPSA) is 55.3 Å². The Morgan fingerprint density at radius 1 is 1.35 bits per heavy atom. The van der Waals surface area contributed by atoms with Gasteiger partial charge in [0.05, 0.1) is 12.8 Å². The molecule has 0 aliphatic carbocycles. The van der Waals surface area contributed by atoms with Crippen LogP contribution in [0.2, 0.25) is 0 Å². The molecule has 4 heteroatoms. The van der Waals surface area contributed by atoms with E-state index in [1.54, 1.807) is 12.5 Å². The largest absolute Gasteiger partial charge is 0.467 e. The van der Waals surface area contributed by atoms with Crippen LogP contribution in [0, 0.1) is 0 Å². The Morgan fingerprint density at radius 3 is 2.88 bits per heavy atom. The Kier molecular flexibility index (Phi) is 3.77. The van der Waals surface area contributed by atoms with Crippen LogP contribution in [0.15, 0.2) is 41.1 Å². The van der Waals surface area contributed by atoms with Crippen LogP contribution in [0.5, 0.6) is 0 Å². The van der Waals surface area contributed by atoms with Gasteiger partial charge in [-0.15, -0.1) is 0 Å². The first-order valence-electron chi connectivity index (χ1n) is 5.76. The predicted octanol–water partition coefficient (Wildman–Crippen LogP) is 2.16. The zero-order valence-electron chi connectivity index (χ0n) is 9.97. The van der Waals surface area contributed by atoms with Crippen molar-refractivity contribution in [3.63, 3.8) is 0 Å². The molecule has 17 heavy (non-hydrogen) atoms. The quantitative estimate of drug-likeness (QED) is 0.856. The number of nitrogens with two attached hydrogens (primary N) is 1. The maximum atomic E-state index is 5.73. The Bertz CT molecular complexity index is 453. The fraction of sp³-hybridized carbons (Fsp3) is 0.308. The van der Waals surface area contributed by atoms with Crippen molar-refractivity contribution >= 4 is 5.82 Å². The van der Waals surface area contributed by atoms with Crippen LogP contribution in [-0.2, 0) is 13.1 Å². The molecule has 0 spiro atoms. The highest BCUT2D eigenvalue weighted by Gasteiger charge is 2.11. The first-order chi connectivity index (χ1) is 8.35. The van der Waals surface area contributed by atoms with Crippen LogP contribution in [-0.4, -0.2) is 11.5 Å². The number of nitrogens with zero attached hydrogens (tertiary/aromatic N) is 2. The van der Waals surface area contributed by atoms with Crippen molar-refractivity contribution in [2.24, 2.45) is 5.73 Å². The summed E-state index contributed by atoms with van der Waals surface area (Å²) in [4.78, 5) is 6.56. The summed E-state index contributed by atoms with van der Waals surface area (Å²) >= 11 is 0. The minimum absolute atomic E-state index is 0.498. The summed E-state index contributed by atoms with van der Waals surface area (Å²) < 4.78 is 5.36. The average molecular weight is 231 g/mol. The molecule has 0 fully saturated rings. The second kappa shape index (κ2) is 5.50. The van der Waals surface area contributed by atoms with Crippen LogP contribution in [0.1, 0.15) is 18.2 Å². The molecule has 2 rings (SSSR count). The lowest BCUT2D eigenvalue weighted by molar-refractivity contribution is 0.502. The lowest BCUT2D eigenvalue weighted by Gasteiger charge is -2.22. The average Bonchev–Trinajstić information content (AvgIpc) is 2.89. The molecule has 4 nitrogen and oxygen atoms in total. The third-order valence-corrected chi connectivity index (χ3v) is 2.70. The van der Waals surface area contributed by atoms with Gasteiger partial charge in [-0.1, -0.05) is 6.07 Å². The van der Waals surface area contributed by atoms with E-state index in [4.69, 9.17) is 10.2 Å². The van der Waals surface area contributed by atoms with Gasteiger partial charge in [0.2, 0.25) is 0 Å². The molecule has 2 aromatic heterocycles. The lowest BCUT2D eigenvalue weighted by Crippen LogP contribution is -2.24. The van der Waals surface area contributed by atoms with Gasteiger partial charge in [0, 0.05) is 24.8 Å². The van der Waals surface area contributed by atoms with Gasteiger partial charge in [-0.3, -0.25) is 0 Å². The molecule has 0 amide bonds. The van der Waals surface area contributed by atoms with Crippen molar-refractivity contribution in [1.82, 2.24) is 4.98 Å². The molecular weight excluding hydrogens is 214 g/mol. The summed E-state index contributed by atoms with van der Waals surface area (Å²) in [5, 5.41) is 0. The fourth-order valence-corrected chi connectivity index (χ4v) is 1.80. The summed E-state index contributed by atoms with van der Waals surface area (Å²) in [6.07, 6.45) is 3.48. The highest BCUT2D eigenvalue weighted by Crippen LogP contribution is 2.19. The predicted molar refractivity (Wildman–Crippen MR) is 67.6 cm³/mol. The van der Waals surface area contributed by atoms with E-state index in [0.29, 0.717) is 13.1 Å². The molecule has 0 aliphatic rings. The first kappa shape index (κ1) is 11.7. The molecule has 0 saturated carbocycles. The highest BCUT2D eigenvalue weighted by molar-refractivity contribution is 5.46. The standard InChI is InChI=1S/C13H17N3O/c1-2-16(10-12-6-4-8-17-12)13-11(9-14)5-3-7-15-13/h3-8H,2,9-10,14H2,1H3. The molecule has 0 saturated heterocycles. The van der Waals surface area contributed by atoms with E-state index >= 15 is 0 Å². The van der Waals surface area contributed by atoms with Gasteiger partial charge in [0.1, 0.15) is 11.6 Å². The molecule has 2 N–H and O–H groups in total. The third-order valence-electron chi connectivity index (χ3n) is 2.70. The monoisotopic (exact) mass is 231 g/mol. The molecule has 2 aromatic rings. The molecule has 0 bridgehead atoms. The zero-order valence-corrected chi connectivity index (χ0v) is 9.97. The molecule has 0 aliphatic heterocycles. The third kappa shape index (κ3) is 2.65. The Morgan fingerprint density at radius 2 is 2.24 bits per heavy atom. The van der Waals surface area contributed by atoms with Gasteiger partial charge < -0.3 is 15.1 Å². The van der Waals surface area contributed by atoms with E-state index in [1.165, 1.54) is 0 Å². The summed E-state index contributed by atoms with van der Waals surface area (Å²) in [5.41, 5.74) is 6.78. The van der Waals surface area contributed by atoms with E-state index in [2.05, 4.69) is 16.8 Å². The number of rotatable bonds is 5. The smallest absolute Gasteiger partial charge is 0.133 e. The first-order valence-corrected chi connectivity index (χ1v) is 5.76. The molecule has 0 unspecified atom stereocenters. The maximum absolute atomic E-state index is 5.73. The van der Waals surface area contributed by atoms with Gasteiger partial charge >= 0.3 is 0 Å². The van der Waals surface area contributed by atoms with Gasteiger partial charge in [-0.05, 0) is 25.1 Å². The molecule has 0 radical (unpaired) electrons. The number of hydrogen-bond donors (Lipinski definition) is 1. The number of hydrogen-bond acceptors (Lipinski definition) is 4. The second-order valence-corrected chi connectivity index (χ2v) is 3.78. The van der Waals surface area contributed by atoms with Crippen LogP contribution in [0.25, 0.3) is 0 Å². The summed E-state index contributed by atoms with van der Waals surface area (Å²) in [6, 6.07) is 7.78. The van der Waals surface area contributed by atoms with Crippen molar-refractivity contribution in [2.45, 2.75) is 20.0 Å². The minimum atomic E-state index is 0.498. The minimum Gasteiger partial charge on any atom is -0.467 e. The SMILES string of the molecule is CCN(Cc1ccco1)c1ncccc1CN. The zero-order chi connectivity index (χ0) is 12.1. The highest BCUT2D eigenvalue weighted by atomic mass is 16.3. The van der Waals surface area contributed by atoms with E-state index in [9.17, 15) is 0 Å². The number of furan rings is 1. The van der Waals surface area contributed by atoms with Crippen LogP contribution in [0.3, 0.4) is 0 Å². The van der Waals surface area contributed by atoms with E-state index in [-0.39, 0.29) is 0 Å². The Labute approximate surface area is 101 Å². The van der Waals surface area contributed by atoms with Crippen LogP contribution >= 0.6 is 0 Å². The number of aromatic nitrogens is 1. The molecule has 90 valence electrons. The van der Waals surface area contributed by atoms with Crippen LogP contribution in [0.4, 0.5) is 5.82 Å². The number of anilines is 1. The molecule has 0 atom stereocenters. The van der Waals surface area contributed by atoms with Gasteiger partial charge in [-0.2, -0.15) is 0 Å². The van der Waals surface area contributed by atoms with Crippen molar-refractivity contribution in [3.05, 3.63) is 48.0 Å². The van der Waals surface area contributed by atoms with Crippen molar-refractivity contribution < 1.29 is 4.42 Å². The summed E-state index contributed by atoms with van der Waals surface area (Å²) in [6.45, 7) is 4.17. The van der Waals surface area contributed by atoms with Gasteiger partial charge in [0.25, 0.3) is 0 Å². The fourth-order valence-electron chi connectivity index (χ4n) is 1.80. The maximum Gasteiger partial charge on any atom is 0.133 e. The second-order valence-electron chi connectivity index (χ2n) is 3.78.